The summed E-state index contributed by atoms with van der Waals surface area (Å²) in [5.74, 6) is 0.197. The number of carbonyl (C=O) groups excluding carboxylic acids is 1. The fourth-order valence-corrected chi connectivity index (χ4v) is 2.87. The number of esters is 1. The molecule has 2 aromatic rings. The van der Waals surface area contributed by atoms with Gasteiger partial charge in [-0.3, -0.25) is 4.79 Å². The highest BCUT2D eigenvalue weighted by Crippen LogP contribution is 2.25. The third-order valence-corrected chi connectivity index (χ3v) is 4.23. The van der Waals surface area contributed by atoms with Crippen molar-refractivity contribution < 1.29 is 9.53 Å². The Balaban J connectivity index is 0.000000198. The minimum atomic E-state index is -0.0208. The summed E-state index contributed by atoms with van der Waals surface area (Å²) in [6.45, 7) is 1.85. The van der Waals surface area contributed by atoms with Gasteiger partial charge in [-0.25, -0.2) is 0 Å². The monoisotopic (exact) mass is 325 g/mol. The molecule has 0 radical (unpaired) electrons. The molecule has 0 amide bonds. The van der Waals surface area contributed by atoms with Crippen LogP contribution in [0.2, 0.25) is 0 Å². The second-order valence-corrected chi connectivity index (χ2v) is 6.08. The SMILES string of the molecule is COC(=O)C1CCCC1.c1ccc(CNCc2ccccc2)cc1. The van der Waals surface area contributed by atoms with Crippen LogP contribution in [-0.2, 0) is 22.6 Å². The van der Waals surface area contributed by atoms with Gasteiger partial charge in [-0.05, 0) is 24.0 Å². The van der Waals surface area contributed by atoms with Gasteiger partial charge in [-0.2, -0.15) is 0 Å². The van der Waals surface area contributed by atoms with E-state index in [-0.39, 0.29) is 11.9 Å². The first-order chi connectivity index (χ1) is 11.8. The molecule has 2 aromatic carbocycles. The Labute approximate surface area is 145 Å². The molecule has 1 N–H and O–H groups in total. The standard InChI is InChI=1S/C14H15N.C7H12O2/c1-3-7-13(8-4-1)11-15-12-14-9-5-2-6-10-14;1-9-7(8)6-4-2-3-5-6/h1-10,15H,11-12H2;6H,2-5H2,1H3. The molecular formula is C21H27NO2. The number of methoxy groups -OCH3 is 1. The molecule has 1 aliphatic rings. The molecule has 0 unspecified atom stereocenters. The largest absolute Gasteiger partial charge is 0.469 e. The predicted molar refractivity (Wildman–Crippen MR) is 97.4 cm³/mol. The maximum Gasteiger partial charge on any atom is 0.308 e. The minimum Gasteiger partial charge on any atom is -0.469 e. The average Bonchev–Trinajstić information content (AvgIpc) is 3.18. The van der Waals surface area contributed by atoms with Gasteiger partial charge in [-0.15, -0.1) is 0 Å². The van der Waals surface area contributed by atoms with E-state index >= 15 is 0 Å². The zero-order valence-corrected chi connectivity index (χ0v) is 14.4. The molecule has 0 bridgehead atoms. The van der Waals surface area contributed by atoms with Crippen LogP contribution < -0.4 is 5.32 Å². The van der Waals surface area contributed by atoms with Crippen LogP contribution in [-0.4, -0.2) is 13.1 Å². The lowest BCUT2D eigenvalue weighted by molar-refractivity contribution is -0.145. The molecule has 0 heterocycles. The lowest BCUT2D eigenvalue weighted by atomic mass is 10.1. The predicted octanol–water partition coefficient (Wildman–Crippen LogP) is 4.33. The van der Waals surface area contributed by atoms with Crippen molar-refractivity contribution in [3.63, 3.8) is 0 Å². The molecule has 128 valence electrons. The Hall–Kier alpha value is -2.13. The van der Waals surface area contributed by atoms with E-state index in [9.17, 15) is 4.79 Å². The molecule has 0 aromatic heterocycles. The number of benzene rings is 2. The van der Waals surface area contributed by atoms with Gasteiger partial charge in [0.15, 0.2) is 0 Å². The smallest absolute Gasteiger partial charge is 0.308 e. The topological polar surface area (TPSA) is 38.3 Å². The van der Waals surface area contributed by atoms with Crippen LogP contribution in [0.1, 0.15) is 36.8 Å². The van der Waals surface area contributed by atoms with E-state index < -0.39 is 0 Å². The van der Waals surface area contributed by atoms with E-state index in [0.29, 0.717) is 0 Å². The third kappa shape index (κ3) is 6.55. The summed E-state index contributed by atoms with van der Waals surface area (Å²) in [5.41, 5.74) is 2.65. The van der Waals surface area contributed by atoms with Crippen LogP contribution in [0.15, 0.2) is 60.7 Å². The van der Waals surface area contributed by atoms with E-state index in [0.717, 1.165) is 25.9 Å². The van der Waals surface area contributed by atoms with Crippen molar-refractivity contribution in [2.24, 2.45) is 5.92 Å². The third-order valence-electron chi connectivity index (χ3n) is 4.23. The lowest BCUT2D eigenvalue weighted by Gasteiger charge is -2.04. The maximum absolute atomic E-state index is 10.8. The second kappa shape index (κ2) is 10.6. The van der Waals surface area contributed by atoms with E-state index in [2.05, 4.69) is 58.6 Å². The first-order valence-electron chi connectivity index (χ1n) is 8.66. The summed E-state index contributed by atoms with van der Waals surface area (Å²) < 4.78 is 4.60. The summed E-state index contributed by atoms with van der Waals surface area (Å²) in [7, 11) is 1.46. The number of hydrogen-bond donors (Lipinski definition) is 1. The Morgan fingerprint density at radius 1 is 0.917 bits per heavy atom. The number of hydrogen-bond acceptors (Lipinski definition) is 3. The molecule has 0 aliphatic heterocycles. The van der Waals surface area contributed by atoms with Gasteiger partial charge in [0, 0.05) is 13.1 Å². The zero-order valence-electron chi connectivity index (χ0n) is 14.4. The number of nitrogens with one attached hydrogen (secondary N) is 1. The second-order valence-electron chi connectivity index (χ2n) is 6.08. The molecule has 3 heteroatoms. The molecular weight excluding hydrogens is 298 g/mol. The van der Waals surface area contributed by atoms with Crippen LogP contribution in [0, 0.1) is 5.92 Å². The summed E-state index contributed by atoms with van der Waals surface area (Å²) in [6, 6.07) is 20.9. The highest BCUT2D eigenvalue weighted by molar-refractivity contribution is 5.72. The Bertz CT molecular complexity index is 538. The van der Waals surface area contributed by atoms with Crippen LogP contribution in [0.25, 0.3) is 0 Å². The highest BCUT2D eigenvalue weighted by atomic mass is 16.5. The molecule has 0 saturated heterocycles. The molecule has 3 rings (SSSR count). The molecule has 1 saturated carbocycles. The van der Waals surface area contributed by atoms with Crippen molar-refractivity contribution in [2.45, 2.75) is 38.8 Å². The van der Waals surface area contributed by atoms with Crippen LogP contribution in [0.5, 0.6) is 0 Å². The minimum absolute atomic E-state index is 0.0208. The quantitative estimate of drug-likeness (QED) is 0.832. The van der Waals surface area contributed by atoms with Crippen molar-refractivity contribution in [2.75, 3.05) is 7.11 Å². The molecule has 3 nitrogen and oxygen atoms in total. The van der Waals surface area contributed by atoms with Gasteiger partial charge in [0.05, 0.1) is 13.0 Å². The number of ether oxygens (including phenoxy) is 1. The first kappa shape index (κ1) is 18.2. The fraction of sp³-hybridized carbons (Fsp3) is 0.381. The van der Waals surface area contributed by atoms with Gasteiger partial charge >= 0.3 is 5.97 Å². The summed E-state index contributed by atoms with van der Waals surface area (Å²) in [6.07, 6.45) is 4.46. The molecule has 0 atom stereocenters. The Morgan fingerprint density at radius 3 is 1.79 bits per heavy atom. The van der Waals surface area contributed by atoms with Crippen LogP contribution >= 0.6 is 0 Å². The molecule has 24 heavy (non-hydrogen) atoms. The van der Waals surface area contributed by atoms with Gasteiger partial charge in [0.2, 0.25) is 0 Å². The average molecular weight is 325 g/mol. The molecule has 1 aliphatic carbocycles. The van der Waals surface area contributed by atoms with Gasteiger partial charge < -0.3 is 10.1 Å². The van der Waals surface area contributed by atoms with Crippen LogP contribution in [0.3, 0.4) is 0 Å². The van der Waals surface area contributed by atoms with E-state index in [1.165, 1.54) is 31.1 Å². The molecule has 1 fully saturated rings. The normalized spacial score (nSPS) is 13.9. The lowest BCUT2D eigenvalue weighted by Crippen LogP contribution is -2.12. The first-order valence-corrected chi connectivity index (χ1v) is 8.66. The number of rotatable bonds is 5. The van der Waals surface area contributed by atoms with E-state index in [1.54, 1.807) is 0 Å². The highest BCUT2D eigenvalue weighted by Gasteiger charge is 2.22. The van der Waals surface area contributed by atoms with Crippen molar-refractivity contribution in [1.29, 1.82) is 0 Å². The molecule has 0 spiro atoms. The van der Waals surface area contributed by atoms with Crippen molar-refractivity contribution in [1.82, 2.24) is 5.32 Å². The van der Waals surface area contributed by atoms with E-state index in [1.807, 2.05) is 12.1 Å². The zero-order chi connectivity index (χ0) is 17.0. The van der Waals surface area contributed by atoms with E-state index in [4.69, 9.17) is 0 Å². The Morgan fingerprint density at radius 2 is 1.38 bits per heavy atom. The van der Waals surface area contributed by atoms with Crippen molar-refractivity contribution in [3.05, 3.63) is 71.8 Å². The number of carbonyl (C=O) groups is 1. The maximum atomic E-state index is 10.8. The Kier molecular flexibility index (Phi) is 8.05. The van der Waals surface area contributed by atoms with Crippen molar-refractivity contribution >= 4 is 5.97 Å². The van der Waals surface area contributed by atoms with Gasteiger partial charge in [0.25, 0.3) is 0 Å². The van der Waals surface area contributed by atoms with Crippen molar-refractivity contribution in [3.8, 4) is 0 Å². The fourth-order valence-electron chi connectivity index (χ4n) is 2.87. The summed E-state index contributed by atoms with van der Waals surface area (Å²) in [4.78, 5) is 10.8. The van der Waals surface area contributed by atoms with Gasteiger partial charge in [0.1, 0.15) is 0 Å². The van der Waals surface area contributed by atoms with Crippen LogP contribution in [0.4, 0.5) is 0 Å². The summed E-state index contributed by atoms with van der Waals surface area (Å²) >= 11 is 0. The summed E-state index contributed by atoms with van der Waals surface area (Å²) in [5, 5.41) is 3.42. The van der Waals surface area contributed by atoms with Gasteiger partial charge in [-0.1, -0.05) is 73.5 Å².